The third kappa shape index (κ3) is 3.69. The number of hydrogen-bond donors (Lipinski definition) is 1. The van der Waals surface area contributed by atoms with Gasteiger partial charge in [0.2, 0.25) is 0 Å². The van der Waals surface area contributed by atoms with Crippen molar-refractivity contribution in [3.8, 4) is 5.75 Å². The van der Waals surface area contributed by atoms with Crippen molar-refractivity contribution in [2.45, 2.75) is 25.4 Å². The summed E-state index contributed by atoms with van der Waals surface area (Å²) in [5, 5.41) is 0. The fourth-order valence-corrected chi connectivity index (χ4v) is 2.37. The van der Waals surface area contributed by atoms with Gasteiger partial charge in [0.25, 0.3) is 0 Å². The van der Waals surface area contributed by atoms with Crippen molar-refractivity contribution in [2.75, 3.05) is 34.4 Å². The molecule has 108 valence electrons. The monoisotopic (exact) mass is 266 g/mol. The minimum absolute atomic E-state index is 0.129. The third-order valence-electron chi connectivity index (χ3n) is 3.86. The average molecular weight is 266 g/mol. The van der Waals surface area contributed by atoms with Gasteiger partial charge in [0.05, 0.1) is 19.3 Å². The second-order valence-electron chi connectivity index (χ2n) is 4.88. The molecule has 1 aromatic carbocycles. The molecule has 0 bridgehead atoms. The first-order valence-electron chi connectivity index (χ1n) is 6.65. The number of ether oxygens (including phenoxy) is 2. The Morgan fingerprint density at radius 1 is 1.26 bits per heavy atom. The lowest BCUT2D eigenvalue weighted by atomic mass is 9.94. The van der Waals surface area contributed by atoms with Crippen LogP contribution < -0.4 is 10.5 Å². The Morgan fingerprint density at radius 2 is 1.95 bits per heavy atom. The fraction of sp³-hybridized carbons (Fsp3) is 0.600. The number of rotatable bonds is 8. The van der Waals surface area contributed by atoms with E-state index in [0.29, 0.717) is 13.2 Å². The van der Waals surface area contributed by atoms with Crippen molar-refractivity contribution in [3.05, 3.63) is 29.8 Å². The summed E-state index contributed by atoms with van der Waals surface area (Å²) < 4.78 is 10.7. The van der Waals surface area contributed by atoms with Gasteiger partial charge in [0, 0.05) is 25.8 Å². The molecular formula is C15H26N2O2. The van der Waals surface area contributed by atoms with Gasteiger partial charge in [-0.3, -0.25) is 4.90 Å². The van der Waals surface area contributed by atoms with E-state index in [2.05, 4.69) is 24.9 Å². The van der Waals surface area contributed by atoms with Crippen LogP contribution in [-0.2, 0) is 11.3 Å². The van der Waals surface area contributed by atoms with Gasteiger partial charge in [-0.05, 0) is 19.5 Å². The Morgan fingerprint density at radius 3 is 2.47 bits per heavy atom. The summed E-state index contributed by atoms with van der Waals surface area (Å²) in [5.74, 6) is 0.911. The van der Waals surface area contributed by atoms with E-state index in [1.807, 2.05) is 18.2 Å². The molecule has 4 heteroatoms. The zero-order chi connectivity index (χ0) is 14.3. The lowest BCUT2D eigenvalue weighted by molar-refractivity contribution is 0.0230. The lowest BCUT2D eigenvalue weighted by Gasteiger charge is -2.40. The number of para-hydroxylation sites is 1. The first-order valence-corrected chi connectivity index (χ1v) is 6.65. The van der Waals surface area contributed by atoms with E-state index in [-0.39, 0.29) is 5.54 Å². The molecule has 0 aliphatic carbocycles. The molecule has 1 atom stereocenters. The Hall–Kier alpha value is -1.10. The molecule has 1 rings (SSSR count). The first kappa shape index (κ1) is 16.0. The highest BCUT2D eigenvalue weighted by Crippen LogP contribution is 2.24. The van der Waals surface area contributed by atoms with E-state index in [4.69, 9.17) is 15.2 Å². The Labute approximate surface area is 116 Å². The molecule has 0 spiro atoms. The quantitative estimate of drug-likeness (QED) is 0.780. The molecule has 1 unspecified atom stereocenters. The number of hydrogen-bond acceptors (Lipinski definition) is 4. The summed E-state index contributed by atoms with van der Waals surface area (Å²) >= 11 is 0. The van der Waals surface area contributed by atoms with Gasteiger partial charge in [-0.2, -0.15) is 0 Å². The van der Waals surface area contributed by atoms with Crippen LogP contribution in [0.5, 0.6) is 5.75 Å². The maximum atomic E-state index is 5.98. The predicted molar refractivity (Wildman–Crippen MR) is 78.4 cm³/mol. The van der Waals surface area contributed by atoms with Gasteiger partial charge in [0.15, 0.2) is 0 Å². The van der Waals surface area contributed by atoms with Gasteiger partial charge in [-0.25, -0.2) is 0 Å². The molecule has 1 aromatic rings. The number of nitrogens with two attached hydrogens (primary N) is 1. The maximum Gasteiger partial charge on any atom is 0.123 e. The van der Waals surface area contributed by atoms with Crippen molar-refractivity contribution < 1.29 is 9.47 Å². The highest BCUT2D eigenvalue weighted by molar-refractivity contribution is 5.33. The van der Waals surface area contributed by atoms with Gasteiger partial charge in [-0.1, -0.05) is 25.1 Å². The summed E-state index contributed by atoms with van der Waals surface area (Å²) in [4.78, 5) is 2.26. The molecule has 0 fully saturated rings. The SMILES string of the molecule is CCC(CN)(COC)N(C)Cc1ccccc1OC. The fourth-order valence-electron chi connectivity index (χ4n) is 2.37. The van der Waals surface area contributed by atoms with E-state index in [1.165, 1.54) is 0 Å². The molecule has 0 radical (unpaired) electrons. The van der Waals surface area contributed by atoms with Crippen molar-refractivity contribution >= 4 is 0 Å². The lowest BCUT2D eigenvalue weighted by Crippen LogP contribution is -2.54. The van der Waals surface area contributed by atoms with Crippen molar-refractivity contribution in [2.24, 2.45) is 5.73 Å². The molecule has 2 N–H and O–H groups in total. The highest BCUT2D eigenvalue weighted by atomic mass is 16.5. The molecule has 0 saturated carbocycles. The van der Waals surface area contributed by atoms with Crippen LogP contribution in [0.15, 0.2) is 24.3 Å². The molecule has 0 amide bonds. The summed E-state index contributed by atoms with van der Waals surface area (Å²) in [6.45, 7) is 4.14. The van der Waals surface area contributed by atoms with E-state index in [9.17, 15) is 0 Å². The predicted octanol–water partition coefficient (Wildman–Crippen LogP) is 1.88. The second-order valence-corrected chi connectivity index (χ2v) is 4.88. The normalized spacial score (nSPS) is 14.4. The first-order chi connectivity index (χ1) is 9.13. The van der Waals surface area contributed by atoms with E-state index in [0.717, 1.165) is 24.3 Å². The van der Waals surface area contributed by atoms with Crippen LogP contribution in [-0.4, -0.2) is 44.9 Å². The molecule has 19 heavy (non-hydrogen) atoms. The third-order valence-corrected chi connectivity index (χ3v) is 3.86. The van der Waals surface area contributed by atoms with Gasteiger partial charge in [0.1, 0.15) is 5.75 Å². The van der Waals surface area contributed by atoms with E-state index >= 15 is 0 Å². The molecule has 4 nitrogen and oxygen atoms in total. The highest BCUT2D eigenvalue weighted by Gasteiger charge is 2.31. The molecule has 0 aliphatic heterocycles. The van der Waals surface area contributed by atoms with E-state index in [1.54, 1.807) is 14.2 Å². The maximum absolute atomic E-state index is 5.98. The Balaban J connectivity index is 2.89. The zero-order valence-electron chi connectivity index (χ0n) is 12.5. The largest absolute Gasteiger partial charge is 0.496 e. The van der Waals surface area contributed by atoms with Crippen LogP contribution in [0.2, 0.25) is 0 Å². The summed E-state index contributed by atoms with van der Waals surface area (Å²) in [5.41, 5.74) is 7.01. The number of nitrogens with zero attached hydrogens (tertiary/aromatic N) is 1. The zero-order valence-corrected chi connectivity index (χ0v) is 12.5. The smallest absolute Gasteiger partial charge is 0.123 e. The van der Waals surface area contributed by atoms with Crippen molar-refractivity contribution in [1.29, 1.82) is 0 Å². The topological polar surface area (TPSA) is 47.7 Å². The van der Waals surface area contributed by atoms with Crippen molar-refractivity contribution in [3.63, 3.8) is 0 Å². The van der Waals surface area contributed by atoms with Gasteiger partial charge < -0.3 is 15.2 Å². The Bertz CT molecular complexity index is 378. The van der Waals surface area contributed by atoms with Crippen LogP contribution >= 0.6 is 0 Å². The van der Waals surface area contributed by atoms with Crippen LogP contribution in [0, 0.1) is 0 Å². The van der Waals surface area contributed by atoms with E-state index < -0.39 is 0 Å². The van der Waals surface area contributed by atoms with Crippen LogP contribution in [0.4, 0.5) is 0 Å². The number of likely N-dealkylation sites (N-methyl/N-ethyl adjacent to an activating group) is 1. The second kappa shape index (κ2) is 7.48. The Kier molecular flexibility index (Phi) is 6.28. The van der Waals surface area contributed by atoms with Gasteiger partial charge in [-0.15, -0.1) is 0 Å². The van der Waals surface area contributed by atoms with Crippen LogP contribution in [0.3, 0.4) is 0 Å². The summed E-state index contributed by atoms with van der Waals surface area (Å²) in [6.07, 6.45) is 0.947. The van der Waals surface area contributed by atoms with Gasteiger partial charge >= 0.3 is 0 Å². The summed E-state index contributed by atoms with van der Waals surface area (Å²) in [7, 11) is 5.50. The number of benzene rings is 1. The molecule has 0 saturated heterocycles. The average Bonchev–Trinajstić information content (AvgIpc) is 2.45. The molecule has 0 heterocycles. The number of methoxy groups -OCH3 is 2. The molecular weight excluding hydrogens is 240 g/mol. The minimum Gasteiger partial charge on any atom is -0.496 e. The minimum atomic E-state index is -0.129. The van der Waals surface area contributed by atoms with Crippen LogP contribution in [0.25, 0.3) is 0 Å². The standard InChI is InChI=1S/C15H26N2O2/c1-5-15(11-16,12-18-3)17(2)10-13-8-6-7-9-14(13)19-4/h6-9H,5,10-12,16H2,1-4H3. The summed E-state index contributed by atoms with van der Waals surface area (Å²) in [6, 6.07) is 8.07. The van der Waals surface area contributed by atoms with Crippen molar-refractivity contribution in [1.82, 2.24) is 4.90 Å². The van der Waals surface area contributed by atoms with Crippen LogP contribution in [0.1, 0.15) is 18.9 Å². The molecule has 0 aliphatic rings. The molecule has 0 aromatic heterocycles.